The van der Waals surface area contributed by atoms with Crippen molar-refractivity contribution in [2.24, 2.45) is 0 Å². The van der Waals surface area contributed by atoms with Gasteiger partial charge in [0, 0.05) is 23.9 Å². The largest absolute Gasteiger partial charge is 0.489 e. The number of benzene rings is 3. The van der Waals surface area contributed by atoms with Crippen molar-refractivity contribution in [3.63, 3.8) is 0 Å². The summed E-state index contributed by atoms with van der Waals surface area (Å²) in [7, 11) is 1.91. The Morgan fingerprint density at radius 1 is 0.846 bits per heavy atom. The molecule has 0 aliphatic carbocycles. The smallest absolute Gasteiger partial charge is 0.131 e. The van der Waals surface area contributed by atoms with Crippen LogP contribution in [0.4, 0.5) is 10.1 Å². The summed E-state index contributed by atoms with van der Waals surface area (Å²) in [4.78, 5) is 0. The molecule has 26 heavy (non-hydrogen) atoms. The molecule has 3 rings (SSSR count). The van der Waals surface area contributed by atoms with Crippen LogP contribution < -0.4 is 10.1 Å². The Kier molecular flexibility index (Phi) is 5.27. The van der Waals surface area contributed by atoms with E-state index in [1.165, 1.54) is 11.6 Å². The number of aryl methyl sites for hydroxylation is 3. The molecule has 0 atom stereocenters. The maximum absolute atomic E-state index is 14.1. The maximum Gasteiger partial charge on any atom is 0.131 e. The third-order valence-corrected chi connectivity index (χ3v) is 4.74. The van der Waals surface area contributed by atoms with E-state index < -0.39 is 0 Å². The Bertz CT molecular complexity index is 933. The number of hydrogen-bond donors (Lipinski definition) is 1. The van der Waals surface area contributed by atoms with Crippen molar-refractivity contribution in [2.45, 2.75) is 27.4 Å². The van der Waals surface area contributed by atoms with E-state index in [2.05, 4.69) is 18.3 Å². The molecular formula is C23H24FNO. The molecule has 0 aliphatic heterocycles. The molecule has 0 spiro atoms. The van der Waals surface area contributed by atoms with Crippen molar-refractivity contribution in [3.05, 3.63) is 82.7 Å². The van der Waals surface area contributed by atoms with Gasteiger partial charge in [-0.1, -0.05) is 30.3 Å². The number of nitrogens with one attached hydrogen (secondary N) is 1. The Morgan fingerprint density at radius 2 is 1.62 bits per heavy atom. The van der Waals surface area contributed by atoms with Crippen molar-refractivity contribution >= 4 is 5.69 Å². The molecule has 0 bridgehead atoms. The number of hydrogen-bond acceptors (Lipinski definition) is 2. The van der Waals surface area contributed by atoms with Gasteiger partial charge < -0.3 is 10.1 Å². The lowest BCUT2D eigenvalue weighted by atomic mass is 9.97. The van der Waals surface area contributed by atoms with E-state index in [1.54, 1.807) is 6.07 Å². The minimum absolute atomic E-state index is 0.206. The zero-order chi connectivity index (χ0) is 18.7. The molecule has 3 aromatic rings. The fraction of sp³-hybridized carbons (Fsp3) is 0.217. The molecule has 1 N–H and O–H groups in total. The van der Waals surface area contributed by atoms with Gasteiger partial charge in [0.1, 0.15) is 18.2 Å². The number of anilines is 1. The van der Waals surface area contributed by atoms with E-state index in [0.29, 0.717) is 12.2 Å². The molecule has 3 heteroatoms. The second-order valence-electron chi connectivity index (χ2n) is 6.55. The van der Waals surface area contributed by atoms with Gasteiger partial charge in [-0.05, 0) is 67.3 Å². The summed E-state index contributed by atoms with van der Waals surface area (Å²) < 4.78 is 20.3. The normalized spacial score (nSPS) is 10.7. The van der Waals surface area contributed by atoms with Crippen LogP contribution in [-0.2, 0) is 6.61 Å². The van der Waals surface area contributed by atoms with Gasteiger partial charge in [-0.15, -0.1) is 0 Å². The molecule has 0 aliphatic rings. The lowest BCUT2D eigenvalue weighted by Gasteiger charge is -2.17. The number of halogens is 1. The van der Waals surface area contributed by atoms with Gasteiger partial charge in [0.05, 0.1) is 0 Å². The van der Waals surface area contributed by atoms with Gasteiger partial charge in [-0.25, -0.2) is 4.39 Å². The Hall–Kier alpha value is -2.81. The first-order chi connectivity index (χ1) is 12.5. The fourth-order valence-corrected chi connectivity index (χ4v) is 3.19. The van der Waals surface area contributed by atoms with Crippen LogP contribution in [0.5, 0.6) is 5.75 Å². The van der Waals surface area contributed by atoms with E-state index in [9.17, 15) is 4.39 Å². The van der Waals surface area contributed by atoms with Gasteiger partial charge in [0.2, 0.25) is 0 Å². The summed E-state index contributed by atoms with van der Waals surface area (Å²) in [5, 5.41) is 3.21. The third kappa shape index (κ3) is 3.57. The Labute approximate surface area is 154 Å². The van der Waals surface area contributed by atoms with E-state index in [-0.39, 0.29) is 5.82 Å². The van der Waals surface area contributed by atoms with Gasteiger partial charge >= 0.3 is 0 Å². The van der Waals surface area contributed by atoms with Crippen LogP contribution in [0.25, 0.3) is 11.1 Å². The minimum atomic E-state index is -0.206. The molecule has 0 aromatic heterocycles. The van der Waals surface area contributed by atoms with Gasteiger partial charge in [0.25, 0.3) is 0 Å². The number of rotatable bonds is 5. The quantitative estimate of drug-likeness (QED) is 0.606. The molecule has 134 valence electrons. The molecule has 0 saturated heterocycles. The molecule has 0 unspecified atom stereocenters. The summed E-state index contributed by atoms with van der Waals surface area (Å²) in [6.45, 7) is 6.55. The highest BCUT2D eigenvalue weighted by atomic mass is 19.1. The lowest BCUT2D eigenvalue weighted by molar-refractivity contribution is 0.304. The van der Waals surface area contributed by atoms with Crippen molar-refractivity contribution in [2.75, 3.05) is 12.4 Å². The lowest BCUT2D eigenvalue weighted by Crippen LogP contribution is -2.04. The molecule has 0 amide bonds. The zero-order valence-corrected chi connectivity index (χ0v) is 15.7. The molecule has 0 heterocycles. The van der Waals surface area contributed by atoms with E-state index in [1.807, 2.05) is 57.3 Å². The molecule has 3 aromatic carbocycles. The summed E-state index contributed by atoms with van der Waals surface area (Å²) in [6, 6.07) is 17.0. The molecule has 0 saturated carbocycles. The molecule has 0 radical (unpaired) electrons. The highest BCUT2D eigenvalue weighted by Crippen LogP contribution is 2.32. The van der Waals surface area contributed by atoms with Crippen molar-refractivity contribution in [1.29, 1.82) is 0 Å². The first kappa shape index (κ1) is 18.0. The number of ether oxygens (including phenoxy) is 1. The fourth-order valence-electron chi connectivity index (χ4n) is 3.19. The average molecular weight is 349 g/mol. The van der Waals surface area contributed by atoms with Crippen molar-refractivity contribution in [3.8, 4) is 16.9 Å². The highest BCUT2D eigenvalue weighted by Gasteiger charge is 2.12. The summed E-state index contributed by atoms with van der Waals surface area (Å²) in [5.41, 5.74) is 6.92. The minimum Gasteiger partial charge on any atom is -0.489 e. The Balaban J connectivity index is 1.89. The monoisotopic (exact) mass is 349 g/mol. The molecule has 0 fully saturated rings. The van der Waals surface area contributed by atoms with Crippen LogP contribution >= 0.6 is 0 Å². The molecular weight excluding hydrogens is 325 g/mol. The predicted molar refractivity (Wildman–Crippen MR) is 106 cm³/mol. The van der Waals surface area contributed by atoms with Crippen molar-refractivity contribution in [1.82, 2.24) is 0 Å². The Morgan fingerprint density at radius 3 is 2.35 bits per heavy atom. The first-order valence-corrected chi connectivity index (χ1v) is 8.76. The van der Waals surface area contributed by atoms with Gasteiger partial charge in [-0.3, -0.25) is 0 Å². The summed E-state index contributed by atoms with van der Waals surface area (Å²) in [5.74, 6) is 0.620. The van der Waals surface area contributed by atoms with Crippen LogP contribution in [0, 0.1) is 26.6 Å². The van der Waals surface area contributed by atoms with Crippen LogP contribution in [-0.4, -0.2) is 7.05 Å². The SMILES string of the molecule is CNc1cccc(C)c1COc1cc(C)c(-c2ccccc2F)cc1C. The zero-order valence-electron chi connectivity index (χ0n) is 15.7. The van der Waals surface area contributed by atoms with Crippen molar-refractivity contribution < 1.29 is 9.13 Å². The van der Waals surface area contributed by atoms with Crippen LogP contribution in [0.2, 0.25) is 0 Å². The second-order valence-corrected chi connectivity index (χ2v) is 6.55. The average Bonchev–Trinajstić information content (AvgIpc) is 2.63. The maximum atomic E-state index is 14.1. The third-order valence-electron chi connectivity index (χ3n) is 4.74. The summed E-state index contributed by atoms with van der Waals surface area (Å²) in [6.07, 6.45) is 0. The second kappa shape index (κ2) is 7.61. The predicted octanol–water partition coefficient (Wildman–Crippen LogP) is 6.04. The van der Waals surface area contributed by atoms with E-state index in [4.69, 9.17) is 4.74 Å². The van der Waals surface area contributed by atoms with E-state index >= 15 is 0 Å². The standard InChI is InChI=1S/C23H24FNO/c1-15-8-7-11-22(25-4)20(15)14-26-23-13-16(2)19(12-17(23)3)18-9-5-6-10-21(18)24/h5-13,25H,14H2,1-4H3. The van der Waals surface area contributed by atoms with E-state index in [0.717, 1.165) is 33.7 Å². The van der Waals surface area contributed by atoms with Gasteiger partial charge in [-0.2, -0.15) is 0 Å². The van der Waals surface area contributed by atoms with Crippen LogP contribution in [0.15, 0.2) is 54.6 Å². The van der Waals surface area contributed by atoms with Crippen LogP contribution in [0.3, 0.4) is 0 Å². The molecule has 2 nitrogen and oxygen atoms in total. The highest BCUT2D eigenvalue weighted by molar-refractivity contribution is 5.70. The first-order valence-electron chi connectivity index (χ1n) is 8.76. The topological polar surface area (TPSA) is 21.3 Å². The van der Waals surface area contributed by atoms with Crippen LogP contribution in [0.1, 0.15) is 22.3 Å². The van der Waals surface area contributed by atoms with Gasteiger partial charge in [0.15, 0.2) is 0 Å². The summed E-state index contributed by atoms with van der Waals surface area (Å²) >= 11 is 0.